The second-order valence-electron chi connectivity index (χ2n) is 12.2. The van der Waals surface area contributed by atoms with Crippen LogP contribution in [0.15, 0.2) is 48.6 Å². The van der Waals surface area contributed by atoms with Crippen LogP contribution < -0.4 is 14.4 Å². The minimum absolute atomic E-state index is 0.0138. The molecule has 0 spiro atoms. The third-order valence-electron chi connectivity index (χ3n) is 9.11. The first-order valence-corrected chi connectivity index (χ1v) is 17.5. The van der Waals surface area contributed by atoms with Crippen LogP contribution in [-0.4, -0.2) is 68.3 Å². The minimum atomic E-state index is -3.91. The van der Waals surface area contributed by atoms with Crippen LogP contribution in [0, 0.1) is 11.8 Å². The van der Waals surface area contributed by atoms with Crippen molar-refractivity contribution in [3.63, 3.8) is 0 Å². The van der Waals surface area contributed by atoms with E-state index in [-0.39, 0.29) is 36.7 Å². The highest BCUT2D eigenvalue weighted by Crippen LogP contribution is 2.42. The number of anilines is 1. The molecule has 1 aliphatic carbocycles. The fourth-order valence-corrected chi connectivity index (χ4v) is 7.44. The number of ether oxygens (including phenoxy) is 2. The number of nitrogens with zero attached hydrogens (tertiary/aromatic N) is 1. The van der Waals surface area contributed by atoms with Crippen LogP contribution >= 0.6 is 11.6 Å². The van der Waals surface area contributed by atoms with E-state index in [2.05, 4.69) is 9.62 Å². The molecule has 9 nitrogen and oxygen atoms in total. The molecule has 2 aliphatic heterocycles. The number of carbonyl (C=O) groups is 1. The quantitative estimate of drug-likeness (QED) is 0.411. The first-order chi connectivity index (χ1) is 21.1. The molecule has 0 saturated heterocycles. The molecule has 2 bridgehead atoms. The van der Waals surface area contributed by atoms with Crippen LogP contribution in [0.4, 0.5) is 5.69 Å². The van der Waals surface area contributed by atoms with E-state index in [1.54, 1.807) is 25.1 Å². The molecule has 240 valence electrons. The van der Waals surface area contributed by atoms with Gasteiger partial charge in [0.2, 0.25) is 10.0 Å². The van der Waals surface area contributed by atoms with Crippen molar-refractivity contribution in [2.75, 3.05) is 31.2 Å². The van der Waals surface area contributed by atoms with Crippen LogP contribution in [0.3, 0.4) is 0 Å². The van der Waals surface area contributed by atoms with E-state index in [0.717, 1.165) is 55.5 Å². The number of fused-ring (bicyclic) bond motifs is 3. The lowest BCUT2D eigenvalue weighted by atomic mass is 9.70. The number of rotatable bonds is 4. The maximum Gasteiger partial charge on any atom is 0.264 e. The molecule has 1 fully saturated rings. The monoisotopic (exact) mass is 646 g/mol. The molecular weight excluding hydrogens is 604 g/mol. The summed E-state index contributed by atoms with van der Waals surface area (Å²) in [4.78, 5) is 15.5. The predicted molar refractivity (Wildman–Crippen MR) is 171 cm³/mol. The summed E-state index contributed by atoms with van der Waals surface area (Å²) >= 11 is 6.31. The fraction of sp³-hybridized carbons (Fsp3) is 0.545. The highest BCUT2D eigenvalue weighted by Gasteiger charge is 2.38. The number of carbonyl (C=O) groups excluding carboxylic acids is 1. The Morgan fingerprint density at radius 1 is 1.14 bits per heavy atom. The predicted octanol–water partition coefficient (Wildman–Crippen LogP) is 4.62. The van der Waals surface area contributed by atoms with Crippen molar-refractivity contribution in [3.8, 4) is 5.75 Å². The summed E-state index contributed by atoms with van der Waals surface area (Å²) in [6.45, 7) is 2.99. The molecule has 5 rings (SSSR count). The summed E-state index contributed by atoms with van der Waals surface area (Å²) in [7, 11) is -3.91. The van der Waals surface area contributed by atoms with Crippen molar-refractivity contribution in [3.05, 3.63) is 70.3 Å². The Hall–Kier alpha value is -2.63. The number of hydrogen-bond donors (Lipinski definition) is 3. The van der Waals surface area contributed by atoms with Gasteiger partial charge in [-0.25, -0.2) is 13.1 Å². The summed E-state index contributed by atoms with van der Waals surface area (Å²) in [5, 5.41) is 19.2. The molecule has 3 N–H and O–H groups in total. The van der Waals surface area contributed by atoms with Gasteiger partial charge < -0.3 is 24.6 Å². The van der Waals surface area contributed by atoms with Crippen molar-refractivity contribution in [1.82, 2.24) is 4.72 Å². The van der Waals surface area contributed by atoms with Gasteiger partial charge in [0.05, 0.1) is 30.3 Å². The van der Waals surface area contributed by atoms with E-state index >= 15 is 0 Å². The number of amides is 1. The molecule has 2 heterocycles. The minimum Gasteiger partial charge on any atom is -0.487 e. The number of nitrogens with one attached hydrogen (secondary N) is 1. The van der Waals surface area contributed by atoms with Crippen LogP contribution in [0.5, 0.6) is 5.75 Å². The maximum atomic E-state index is 13.3. The normalized spacial score (nSPS) is 27.3. The number of aliphatic hydroxyl groups is 2. The van der Waals surface area contributed by atoms with E-state index in [0.29, 0.717) is 36.8 Å². The third-order valence-corrected chi connectivity index (χ3v) is 11.1. The zero-order valence-electron chi connectivity index (χ0n) is 25.2. The van der Waals surface area contributed by atoms with Gasteiger partial charge in [-0.2, -0.15) is 0 Å². The average molecular weight is 647 g/mol. The van der Waals surface area contributed by atoms with Crippen LogP contribution in [-0.2, 0) is 27.8 Å². The summed E-state index contributed by atoms with van der Waals surface area (Å²) in [6.07, 6.45) is 8.14. The van der Waals surface area contributed by atoms with Crippen molar-refractivity contribution >= 4 is 33.2 Å². The summed E-state index contributed by atoms with van der Waals surface area (Å²) < 4.78 is 40.9. The molecule has 11 heteroatoms. The Kier molecular flexibility index (Phi) is 10.9. The maximum absolute atomic E-state index is 13.3. The number of benzene rings is 2. The number of allylic oxidation sites excluding steroid dienone is 1. The van der Waals surface area contributed by atoms with E-state index in [4.69, 9.17) is 21.1 Å². The molecule has 5 atom stereocenters. The first-order valence-electron chi connectivity index (χ1n) is 15.6. The van der Waals surface area contributed by atoms with Crippen molar-refractivity contribution < 1.29 is 32.9 Å². The Labute approximate surface area is 265 Å². The Balaban J connectivity index is 1.51. The van der Waals surface area contributed by atoms with E-state index < -0.39 is 27.3 Å². The molecule has 1 saturated carbocycles. The van der Waals surface area contributed by atoms with Crippen LogP contribution in [0.1, 0.15) is 66.9 Å². The molecule has 0 aromatic heterocycles. The third kappa shape index (κ3) is 7.95. The average Bonchev–Trinajstić information content (AvgIpc) is 3.02. The van der Waals surface area contributed by atoms with Gasteiger partial charge >= 0.3 is 0 Å². The number of halogens is 1. The van der Waals surface area contributed by atoms with E-state index in [1.807, 2.05) is 30.4 Å². The number of hydrogen-bond acceptors (Lipinski definition) is 8. The highest BCUT2D eigenvalue weighted by molar-refractivity contribution is 7.90. The summed E-state index contributed by atoms with van der Waals surface area (Å²) in [5.41, 5.74) is 3.22. The lowest BCUT2D eigenvalue weighted by Crippen LogP contribution is -2.44. The SMILES string of the molecule is C[C@@H]1CC/C=C/[C@H](OC[C@@H](O)CO)[C@@H]2CC[C@H]2CN2CCCCc3cc(Cl)ccc3COc3ccc(cc32)C(=O)NS1(=O)=O. The van der Waals surface area contributed by atoms with Crippen LogP contribution in [0.2, 0.25) is 5.02 Å². The molecule has 0 unspecified atom stereocenters. The van der Waals surface area contributed by atoms with Crippen molar-refractivity contribution in [2.45, 2.75) is 75.9 Å². The highest BCUT2D eigenvalue weighted by atomic mass is 35.5. The second-order valence-corrected chi connectivity index (χ2v) is 14.8. The van der Waals surface area contributed by atoms with Gasteiger partial charge in [0.1, 0.15) is 18.5 Å². The smallest absolute Gasteiger partial charge is 0.264 e. The topological polar surface area (TPSA) is 125 Å². The second kappa shape index (κ2) is 14.6. The molecule has 0 radical (unpaired) electrons. The standard InChI is InChI=1S/C33H43ClN2O7S/c1-22-6-2-3-8-31(43-21-28(38)19-37)29-13-10-25(29)18-36-15-5-4-7-23-16-27(34)12-9-26(23)20-42-32-14-11-24(17-30(32)36)33(39)35-44(22,40)41/h3,8-9,11-12,14,16-17,22,25,28-29,31,37-38H,2,4-7,10,13,15,18-21H2,1H3,(H,35,39)/b8-3+/t22-,25+,28+,29-,31+/m1/s1. The Morgan fingerprint density at radius 2 is 1.98 bits per heavy atom. The number of sulfonamides is 1. The largest absolute Gasteiger partial charge is 0.487 e. The lowest BCUT2D eigenvalue weighted by Gasteiger charge is -2.44. The lowest BCUT2D eigenvalue weighted by molar-refractivity contribution is -0.0584. The van der Waals surface area contributed by atoms with E-state index in [1.165, 1.54) is 0 Å². The van der Waals surface area contributed by atoms with Gasteiger partial charge in [-0.05, 0) is 105 Å². The number of aliphatic hydroxyl groups excluding tert-OH is 2. The summed E-state index contributed by atoms with van der Waals surface area (Å²) in [6, 6.07) is 11.0. The van der Waals surface area contributed by atoms with E-state index in [9.17, 15) is 23.4 Å². The van der Waals surface area contributed by atoms with Crippen LogP contribution in [0.25, 0.3) is 0 Å². The summed E-state index contributed by atoms with van der Waals surface area (Å²) in [5.74, 6) is 0.437. The zero-order valence-corrected chi connectivity index (χ0v) is 26.7. The van der Waals surface area contributed by atoms with Gasteiger partial charge in [-0.3, -0.25) is 4.79 Å². The first kappa shape index (κ1) is 32.8. The Morgan fingerprint density at radius 3 is 2.75 bits per heavy atom. The van der Waals surface area contributed by atoms with Gasteiger partial charge in [0.25, 0.3) is 5.91 Å². The molecule has 44 heavy (non-hydrogen) atoms. The molecule has 3 aliphatic rings. The van der Waals surface area contributed by atoms with Gasteiger partial charge in [0, 0.05) is 23.7 Å². The van der Waals surface area contributed by atoms with Gasteiger partial charge in [-0.15, -0.1) is 0 Å². The number of aryl methyl sites for hydroxylation is 1. The zero-order chi connectivity index (χ0) is 31.3. The molecular formula is C33H43ClN2O7S. The fourth-order valence-electron chi connectivity index (χ4n) is 6.22. The molecule has 1 amide bonds. The van der Waals surface area contributed by atoms with Gasteiger partial charge in [-0.1, -0.05) is 29.8 Å². The Bertz CT molecular complexity index is 1450. The van der Waals surface area contributed by atoms with Gasteiger partial charge in [0.15, 0.2) is 0 Å². The molecule has 2 aromatic rings. The molecule has 2 aromatic carbocycles. The van der Waals surface area contributed by atoms with Crippen molar-refractivity contribution in [1.29, 1.82) is 0 Å². The van der Waals surface area contributed by atoms with Crippen molar-refractivity contribution in [2.24, 2.45) is 11.8 Å².